The van der Waals surface area contributed by atoms with Crippen molar-refractivity contribution in [2.75, 3.05) is 13.2 Å². The molecule has 83 heavy (non-hydrogen) atoms. The lowest BCUT2D eigenvalue weighted by Gasteiger charge is -2.18. The highest BCUT2D eigenvalue weighted by Crippen LogP contribution is 2.14. The van der Waals surface area contributed by atoms with E-state index in [1.165, 1.54) is 38.5 Å². The molecule has 6 heteroatoms. The first-order valence-electron chi connectivity index (χ1n) is 32.9. The van der Waals surface area contributed by atoms with E-state index < -0.39 is 6.10 Å². The molecule has 0 aliphatic heterocycles. The summed E-state index contributed by atoms with van der Waals surface area (Å²) in [5, 5.41) is 0. The maximum absolute atomic E-state index is 12.9. The molecule has 0 aliphatic rings. The van der Waals surface area contributed by atoms with Crippen LogP contribution in [0.15, 0.2) is 194 Å². The molecule has 0 amide bonds. The van der Waals surface area contributed by atoms with Gasteiger partial charge in [-0.3, -0.25) is 14.4 Å². The minimum Gasteiger partial charge on any atom is -0.462 e. The number of esters is 3. The quantitative estimate of drug-likeness (QED) is 0.0261. The number of allylic oxidation sites excluding steroid dienone is 32. The van der Waals surface area contributed by atoms with Crippen molar-refractivity contribution in [1.29, 1.82) is 0 Å². The van der Waals surface area contributed by atoms with Crippen molar-refractivity contribution in [3.8, 4) is 0 Å². The lowest BCUT2D eigenvalue weighted by atomic mass is 10.1. The molecular formula is C77H118O6. The smallest absolute Gasteiger partial charge is 0.306 e. The van der Waals surface area contributed by atoms with Crippen molar-refractivity contribution in [1.82, 2.24) is 0 Å². The summed E-state index contributed by atoms with van der Waals surface area (Å²) in [5.74, 6) is -1.02. The third kappa shape index (κ3) is 66.9. The first kappa shape index (κ1) is 77.2. The second kappa shape index (κ2) is 68.7. The molecule has 1 atom stereocenters. The van der Waals surface area contributed by atoms with Crippen LogP contribution in [0.1, 0.15) is 252 Å². The topological polar surface area (TPSA) is 78.9 Å². The Morgan fingerprint density at radius 3 is 0.711 bits per heavy atom. The zero-order chi connectivity index (χ0) is 59.9. The highest BCUT2D eigenvalue weighted by atomic mass is 16.6. The number of hydrogen-bond acceptors (Lipinski definition) is 6. The summed E-state index contributed by atoms with van der Waals surface area (Å²) in [6.07, 6.45) is 104. The monoisotopic (exact) mass is 1140 g/mol. The first-order valence-corrected chi connectivity index (χ1v) is 32.9. The van der Waals surface area contributed by atoms with Gasteiger partial charge in [-0.25, -0.2) is 0 Å². The molecule has 0 aromatic heterocycles. The van der Waals surface area contributed by atoms with Gasteiger partial charge in [-0.1, -0.05) is 273 Å². The Bertz CT molecular complexity index is 1990. The summed E-state index contributed by atoms with van der Waals surface area (Å²) in [6, 6.07) is 0. The highest BCUT2D eigenvalue weighted by molar-refractivity contribution is 5.71. The predicted molar refractivity (Wildman–Crippen MR) is 361 cm³/mol. The third-order valence-corrected chi connectivity index (χ3v) is 13.1. The Hall–Kier alpha value is -5.75. The average molecular weight is 1140 g/mol. The number of unbranched alkanes of at least 4 members (excludes halogenated alkanes) is 14. The summed E-state index contributed by atoms with van der Waals surface area (Å²) in [6.45, 7) is 6.22. The van der Waals surface area contributed by atoms with E-state index in [0.29, 0.717) is 19.3 Å². The molecule has 0 bridgehead atoms. The van der Waals surface area contributed by atoms with Crippen LogP contribution >= 0.6 is 0 Å². The van der Waals surface area contributed by atoms with Crippen LogP contribution in [0, 0.1) is 0 Å². The van der Waals surface area contributed by atoms with Gasteiger partial charge in [-0.2, -0.15) is 0 Å². The molecule has 0 heterocycles. The Morgan fingerprint density at radius 2 is 0.446 bits per heavy atom. The lowest BCUT2D eigenvalue weighted by Crippen LogP contribution is -2.30. The van der Waals surface area contributed by atoms with E-state index in [4.69, 9.17) is 14.2 Å². The maximum Gasteiger partial charge on any atom is 0.306 e. The fourth-order valence-corrected chi connectivity index (χ4v) is 8.27. The predicted octanol–water partition coefficient (Wildman–Crippen LogP) is 23.0. The molecule has 0 fully saturated rings. The minimum atomic E-state index is -0.836. The van der Waals surface area contributed by atoms with Crippen LogP contribution in [0.25, 0.3) is 0 Å². The van der Waals surface area contributed by atoms with Gasteiger partial charge in [-0.15, -0.1) is 0 Å². The molecule has 462 valence electrons. The van der Waals surface area contributed by atoms with E-state index in [-0.39, 0.29) is 37.5 Å². The number of ether oxygens (including phenoxy) is 3. The molecule has 0 aliphatic carbocycles. The van der Waals surface area contributed by atoms with Crippen LogP contribution in [-0.2, 0) is 28.6 Å². The molecule has 0 saturated heterocycles. The van der Waals surface area contributed by atoms with E-state index in [1.807, 2.05) is 0 Å². The fraction of sp³-hybridized carbons (Fsp3) is 0.545. The van der Waals surface area contributed by atoms with Crippen molar-refractivity contribution in [2.24, 2.45) is 0 Å². The van der Waals surface area contributed by atoms with Gasteiger partial charge in [-0.05, 0) is 154 Å². The molecule has 6 nitrogen and oxygen atoms in total. The van der Waals surface area contributed by atoms with Gasteiger partial charge in [0.1, 0.15) is 13.2 Å². The normalized spacial score (nSPS) is 13.4. The van der Waals surface area contributed by atoms with Crippen LogP contribution in [0.5, 0.6) is 0 Å². The number of carbonyl (C=O) groups excluding carboxylic acids is 3. The van der Waals surface area contributed by atoms with Crippen LogP contribution in [0.2, 0.25) is 0 Å². The first-order chi connectivity index (χ1) is 41.0. The van der Waals surface area contributed by atoms with Crippen molar-refractivity contribution < 1.29 is 28.6 Å². The van der Waals surface area contributed by atoms with E-state index in [1.54, 1.807) is 0 Å². The van der Waals surface area contributed by atoms with E-state index in [9.17, 15) is 14.4 Å². The average Bonchev–Trinajstić information content (AvgIpc) is 3.49. The lowest BCUT2D eigenvalue weighted by molar-refractivity contribution is -0.167. The molecule has 0 spiro atoms. The van der Waals surface area contributed by atoms with Crippen molar-refractivity contribution in [2.45, 2.75) is 258 Å². The largest absolute Gasteiger partial charge is 0.462 e. The van der Waals surface area contributed by atoms with Gasteiger partial charge >= 0.3 is 17.9 Å². The summed E-state index contributed by atoms with van der Waals surface area (Å²) in [4.78, 5) is 38.4. The molecule has 0 radical (unpaired) electrons. The Morgan fingerprint density at radius 1 is 0.241 bits per heavy atom. The number of rotatable bonds is 57. The zero-order valence-electron chi connectivity index (χ0n) is 52.9. The maximum atomic E-state index is 12.9. The van der Waals surface area contributed by atoms with Crippen molar-refractivity contribution >= 4 is 17.9 Å². The van der Waals surface area contributed by atoms with Crippen LogP contribution in [0.4, 0.5) is 0 Å². The highest BCUT2D eigenvalue weighted by Gasteiger charge is 2.19. The Kier molecular flexibility index (Phi) is 64.0. The van der Waals surface area contributed by atoms with Crippen LogP contribution < -0.4 is 0 Å². The van der Waals surface area contributed by atoms with Crippen molar-refractivity contribution in [3.63, 3.8) is 0 Å². The van der Waals surface area contributed by atoms with Gasteiger partial charge in [0.25, 0.3) is 0 Å². The van der Waals surface area contributed by atoms with Crippen molar-refractivity contribution in [3.05, 3.63) is 194 Å². The summed E-state index contributed by atoms with van der Waals surface area (Å²) < 4.78 is 16.9. The van der Waals surface area contributed by atoms with Gasteiger partial charge in [0.15, 0.2) is 6.10 Å². The molecular weight excluding hydrogens is 1020 g/mol. The standard InChI is InChI=1S/C77H118O6/c1-4-7-10-13-16-19-22-25-28-31-33-35-37-38-40-41-43-46-49-52-55-58-61-64-67-70-76(79)82-73-74(72-81-75(78)69-66-63-60-57-54-51-48-45-30-27-24-21-18-15-12-9-6-3)83-77(80)71-68-65-62-59-56-53-50-47-44-42-39-36-34-32-29-26-23-20-17-14-11-8-5-2/h7-12,16-21,25-30,33-36,38,40,42,44,48,50-51,53,59,62,74H,4-6,13-15,22-24,31-32,37,39,41,43,45-47,49,52,54-58,60-61,63-73H2,1-3H3/b10-7-,11-8-,12-9-,19-16-,20-17-,21-18-,28-25-,29-26-,30-27-,35-33-,36-34-,40-38-,44-42-,51-48-,53-50-,62-59-. The molecule has 0 rings (SSSR count). The summed E-state index contributed by atoms with van der Waals surface area (Å²) in [5.41, 5.74) is 0. The third-order valence-electron chi connectivity index (χ3n) is 13.1. The molecule has 0 aromatic rings. The van der Waals surface area contributed by atoms with E-state index in [0.717, 1.165) is 167 Å². The molecule has 0 N–H and O–H groups in total. The Labute approximate surface area is 509 Å². The van der Waals surface area contributed by atoms with E-state index >= 15 is 0 Å². The van der Waals surface area contributed by atoms with Gasteiger partial charge < -0.3 is 14.2 Å². The SMILES string of the molecule is CC/C=C\C/C=C\C/C=C\C/C=C\C/C=C\C/C=C\C/C=C\CCCC(=O)OC(COC(=O)CCCCCC/C=C\C/C=C\C/C=C\C/C=C\CC)COC(=O)CCCCCCCCCCC/C=C\C/C=C\C/C=C\C/C=C\C/C=C\CC. The second-order valence-electron chi connectivity index (χ2n) is 20.9. The van der Waals surface area contributed by atoms with Gasteiger partial charge in [0, 0.05) is 19.3 Å². The Balaban J connectivity index is 4.56. The van der Waals surface area contributed by atoms with Gasteiger partial charge in [0.2, 0.25) is 0 Å². The second-order valence-corrected chi connectivity index (χ2v) is 20.9. The number of carbonyl (C=O) groups is 3. The van der Waals surface area contributed by atoms with Gasteiger partial charge in [0.05, 0.1) is 0 Å². The van der Waals surface area contributed by atoms with Crippen LogP contribution in [-0.4, -0.2) is 37.2 Å². The minimum absolute atomic E-state index is 0.123. The number of hydrogen-bond donors (Lipinski definition) is 0. The molecule has 0 aromatic carbocycles. The summed E-state index contributed by atoms with van der Waals surface area (Å²) in [7, 11) is 0. The fourth-order valence-electron chi connectivity index (χ4n) is 8.27. The zero-order valence-corrected chi connectivity index (χ0v) is 52.9. The van der Waals surface area contributed by atoms with E-state index in [2.05, 4.69) is 215 Å². The molecule has 0 saturated carbocycles. The summed E-state index contributed by atoms with van der Waals surface area (Å²) >= 11 is 0. The molecule has 1 unspecified atom stereocenters. The van der Waals surface area contributed by atoms with Crippen LogP contribution in [0.3, 0.4) is 0 Å².